The van der Waals surface area contributed by atoms with E-state index < -0.39 is 11.0 Å². The first-order valence-electron chi connectivity index (χ1n) is 6.20. The number of carbonyl (C=O) groups is 1. The standard InChI is InChI=1S/C11H16N4O4/c16-10-4-2-1-3-9(10)13-11(17)7-14-6-8(5-12-14)15(18)19/h5-6,9-10,16H,1-4,7H2,(H,13,17)/t9-,10-/m0/s1. The fourth-order valence-electron chi connectivity index (χ4n) is 2.21. The largest absolute Gasteiger partial charge is 0.391 e. The van der Waals surface area contributed by atoms with Gasteiger partial charge < -0.3 is 10.4 Å². The third kappa shape index (κ3) is 3.50. The molecule has 2 N–H and O–H groups in total. The predicted molar refractivity (Wildman–Crippen MR) is 65.3 cm³/mol. The number of aromatic nitrogens is 2. The van der Waals surface area contributed by atoms with Gasteiger partial charge in [-0.25, -0.2) is 0 Å². The third-order valence-corrected chi connectivity index (χ3v) is 3.21. The lowest BCUT2D eigenvalue weighted by atomic mass is 9.92. The van der Waals surface area contributed by atoms with Crippen LogP contribution in [0.15, 0.2) is 12.4 Å². The van der Waals surface area contributed by atoms with Crippen LogP contribution >= 0.6 is 0 Å². The summed E-state index contributed by atoms with van der Waals surface area (Å²) in [7, 11) is 0. The van der Waals surface area contributed by atoms with Crippen molar-refractivity contribution in [2.75, 3.05) is 0 Å². The molecule has 0 radical (unpaired) electrons. The number of hydrogen-bond donors (Lipinski definition) is 2. The quantitative estimate of drug-likeness (QED) is 0.599. The van der Waals surface area contributed by atoms with E-state index in [1.807, 2.05) is 0 Å². The first kappa shape index (κ1) is 13.5. The third-order valence-electron chi connectivity index (χ3n) is 3.21. The molecule has 104 valence electrons. The van der Waals surface area contributed by atoms with Crippen molar-refractivity contribution in [3.63, 3.8) is 0 Å². The molecule has 1 aromatic rings. The highest BCUT2D eigenvalue weighted by molar-refractivity contribution is 5.76. The summed E-state index contributed by atoms with van der Waals surface area (Å²) in [6.45, 7) is -0.0863. The van der Waals surface area contributed by atoms with Crippen molar-refractivity contribution >= 4 is 11.6 Å². The number of nitrogens with zero attached hydrogens (tertiary/aromatic N) is 3. The van der Waals surface area contributed by atoms with E-state index in [2.05, 4.69) is 10.4 Å². The molecule has 1 saturated carbocycles. The summed E-state index contributed by atoms with van der Waals surface area (Å²) >= 11 is 0. The van der Waals surface area contributed by atoms with Crippen molar-refractivity contribution in [1.29, 1.82) is 0 Å². The van der Waals surface area contributed by atoms with E-state index in [9.17, 15) is 20.0 Å². The van der Waals surface area contributed by atoms with E-state index in [0.717, 1.165) is 25.5 Å². The Hall–Kier alpha value is -1.96. The molecule has 8 nitrogen and oxygen atoms in total. The Bertz CT molecular complexity index is 473. The molecular formula is C11H16N4O4. The maximum absolute atomic E-state index is 11.8. The van der Waals surface area contributed by atoms with Crippen molar-refractivity contribution in [3.05, 3.63) is 22.5 Å². The number of rotatable bonds is 4. The Kier molecular flexibility index (Phi) is 4.10. The molecule has 2 rings (SSSR count). The average Bonchev–Trinajstić information content (AvgIpc) is 2.80. The van der Waals surface area contributed by atoms with E-state index >= 15 is 0 Å². The zero-order valence-electron chi connectivity index (χ0n) is 10.4. The monoisotopic (exact) mass is 268 g/mol. The second kappa shape index (κ2) is 5.79. The summed E-state index contributed by atoms with van der Waals surface area (Å²) in [6, 6.07) is -0.230. The summed E-state index contributed by atoms with van der Waals surface area (Å²) in [6.07, 6.45) is 5.20. The van der Waals surface area contributed by atoms with Crippen LogP contribution in [0.4, 0.5) is 5.69 Å². The summed E-state index contributed by atoms with van der Waals surface area (Å²) in [5.41, 5.74) is -0.148. The highest BCUT2D eigenvalue weighted by Gasteiger charge is 2.24. The molecule has 2 atom stereocenters. The predicted octanol–water partition coefficient (Wildman–Crippen LogP) is 0.211. The molecule has 0 aromatic carbocycles. The topological polar surface area (TPSA) is 110 Å². The van der Waals surface area contributed by atoms with Crippen molar-refractivity contribution in [2.24, 2.45) is 0 Å². The second-order valence-corrected chi connectivity index (χ2v) is 4.68. The first-order chi connectivity index (χ1) is 9.06. The van der Waals surface area contributed by atoms with Gasteiger partial charge in [0.15, 0.2) is 0 Å². The van der Waals surface area contributed by atoms with Gasteiger partial charge in [-0.2, -0.15) is 5.10 Å². The summed E-state index contributed by atoms with van der Waals surface area (Å²) in [5.74, 6) is -0.302. The molecule has 1 aromatic heterocycles. The van der Waals surface area contributed by atoms with Crippen LogP contribution in [0.3, 0.4) is 0 Å². The molecule has 0 bridgehead atoms. The van der Waals surface area contributed by atoms with Crippen LogP contribution in [0, 0.1) is 10.1 Å². The van der Waals surface area contributed by atoms with E-state index in [-0.39, 0.29) is 24.2 Å². The van der Waals surface area contributed by atoms with Crippen molar-refractivity contribution in [3.8, 4) is 0 Å². The van der Waals surface area contributed by atoms with Gasteiger partial charge >= 0.3 is 5.69 Å². The molecule has 19 heavy (non-hydrogen) atoms. The molecular weight excluding hydrogens is 252 g/mol. The van der Waals surface area contributed by atoms with Gasteiger partial charge in [0, 0.05) is 0 Å². The normalized spacial score (nSPS) is 23.0. The van der Waals surface area contributed by atoms with Gasteiger partial charge in [-0.05, 0) is 12.8 Å². The molecule has 1 aliphatic carbocycles. The smallest absolute Gasteiger partial charge is 0.307 e. The molecule has 1 amide bonds. The number of hydrogen-bond acceptors (Lipinski definition) is 5. The van der Waals surface area contributed by atoms with Crippen LogP contribution in [-0.2, 0) is 11.3 Å². The van der Waals surface area contributed by atoms with E-state index in [1.165, 1.54) is 10.9 Å². The van der Waals surface area contributed by atoms with Crippen molar-refractivity contribution < 1.29 is 14.8 Å². The highest BCUT2D eigenvalue weighted by Crippen LogP contribution is 2.18. The molecule has 8 heteroatoms. The van der Waals surface area contributed by atoms with Gasteiger partial charge in [-0.15, -0.1) is 0 Å². The Labute approximate surface area is 109 Å². The maximum atomic E-state index is 11.8. The van der Waals surface area contributed by atoms with Gasteiger partial charge in [0.25, 0.3) is 0 Å². The van der Waals surface area contributed by atoms with E-state index in [0.29, 0.717) is 6.42 Å². The van der Waals surface area contributed by atoms with Crippen LogP contribution < -0.4 is 5.32 Å². The Morgan fingerprint density at radius 2 is 2.32 bits per heavy atom. The van der Waals surface area contributed by atoms with Crippen LogP contribution in [-0.4, -0.2) is 37.9 Å². The number of carbonyl (C=O) groups excluding carboxylic acids is 1. The fraction of sp³-hybridized carbons (Fsp3) is 0.636. The number of aliphatic hydroxyl groups excluding tert-OH is 1. The molecule has 1 heterocycles. The van der Waals surface area contributed by atoms with Crippen LogP contribution in [0.2, 0.25) is 0 Å². The zero-order chi connectivity index (χ0) is 13.8. The lowest BCUT2D eigenvalue weighted by Gasteiger charge is -2.28. The van der Waals surface area contributed by atoms with Gasteiger partial charge in [-0.1, -0.05) is 12.8 Å². The minimum absolute atomic E-state index is 0.0863. The molecule has 0 spiro atoms. The number of amides is 1. The summed E-state index contributed by atoms with van der Waals surface area (Å²) in [4.78, 5) is 21.7. The Morgan fingerprint density at radius 3 is 2.95 bits per heavy atom. The van der Waals surface area contributed by atoms with E-state index in [1.54, 1.807) is 0 Å². The molecule has 1 aliphatic rings. The minimum atomic E-state index is -0.563. The van der Waals surface area contributed by atoms with Crippen LogP contribution in [0.5, 0.6) is 0 Å². The average molecular weight is 268 g/mol. The zero-order valence-corrected chi connectivity index (χ0v) is 10.4. The highest BCUT2D eigenvalue weighted by atomic mass is 16.6. The number of aliphatic hydroxyl groups is 1. The van der Waals surface area contributed by atoms with Gasteiger partial charge in [0.2, 0.25) is 5.91 Å². The molecule has 1 fully saturated rings. The molecule has 0 aliphatic heterocycles. The fourth-order valence-corrected chi connectivity index (χ4v) is 2.21. The van der Waals surface area contributed by atoms with Gasteiger partial charge in [0.05, 0.1) is 17.1 Å². The maximum Gasteiger partial charge on any atom is 0.307 e. The summed E-state index contributed by atoms with van der Waals surface area (Å²) < 4.78 is 1.21. The van der Waals surface area contributed by atoms with Crippen molar-refractivity contribution in [2.45, 2.75) is 44.4 Å². The summed E-state index contributed by atoms with van der Waals surface area (Å²) in [5, 5.41) is 26.7. The van der Waals surface area contributed by atoms with Crippen LogP contribution in [0.25, 0.3) is 0 Å². The molecule has 0 saturated heterocycles. The lowest BCUT2D eigenvalue weighted by Crippen LogP contribution is -2.46. The Morgan fingerprint density at radius 1 is 1.58 bits per heavy atom. The number of nitro groups is 1. The molecule has 0 unspecified atom stereocenters. The first-order valence-corrected chi connectivity index (χ1v) is 6.20. The number of nitrogens with one attached hydrogen (secondary N) is 1. The van der Waals surface area contributed by atoms with Crippen LogP contribution in [0.1, 0.15) is 25.7 Å². The minimum Gasteiger partial charge on any atom is -0.391 e. The van der Waals surface area contributed by atoms with Gasteiger partial charge in [-0.3, -0.25) is 19.6 Å². The SMILES string of the molecule is O=C(Cn1cc([N+](=O)[O-])cn1)N[C@H]1CCCC[C@@H]1O. The Balaban J connectivity index is 1.87. The van der Waals surface area contributed by atoms with E-state index in [4.69, 9.17) is 0 Å². The second-order valence-electron chi connectivity index (χ2n) is 4.68. The lowest BCUT2D eigenvalue weighted by molar-refractivity contribution is -0.385. The van der Waals surface area contributed by atoms with Gasteiger partial charge in [0.1, 0.15) is 18.9 Å². The van der Waals surface area contributed by atoms with Crippen molar-refractivity contribution in [1.82, 2.24) is 15.1 Å².